The zero-order chi connectivity index (χ0) is 19.9. The predicted molar refractivity (Wildman–Crippen MR) is 93.9 cm³/mol. The standard InChI is InChI=1S/C12H17F3O2S.C2H6BNS.FH/c13-12(14,15)18(16,17)6-2-1-3-10-7-9-4-5-11(10)8-9;1-5(2,3)4;/h4-5,9-11H,1-3,6-8H2;4H,1H2,2H3;1H/i/hT. The molecule has 0 aromatic rings. The number of nitrogens with one attached hydrogen (secondary N) is 1. The van der Waals surface area contributed by atoms with Crippen LogP contribution in [0.3, 0.4) is 0 Å². The predicted octanol–water partition coefficient (Wildman–Crippen LogP) is 3.50. The van der Waals surface area contributed by atoms with Crippen LogP contribution in [0, 0.1) is 22.5 Å². The molecule has 0 aromatic heterocycles. The second kappa shape index (κ2) is 8.73. The zero-order valence-electron chi connectivity index (χ0n) is 14.6. The number of halogens is 4. The summed E-state index contributed by atoms with van der Waals surface area (Å²) < 4.78 is 77.6. The Bertz CT molecular complexity index is 628. The van der Waals surface area contributed by atoms with E-state index in [-0.39, 0.29) is 6.42 Å². The van der Waals surface area contributed by atoms with Gasteiger partial charge in [0.05, 0.1) is 5.75 Å². The Kier molecular flexibility index (Phi) is 7.84. The maximum Gasteiger partial charge on any atom is 0.497 e. The summed E-state index contributed by atoms with van der Waals surface area (Å²) in [5, 5.41) is 0. The van der Waals surface area contributed by atoms with Crippen LogP contribution >= 0.6 is 0 Å². The number of rotatable bonds is 5. The highest BCUT2D eigenvalue weighted by atomic mass is 32.2. The first-order chi connectivity index (χ1) is 11.3. The Morgan fingerprint density at radius 1 is 1.33 bits per heavy atom. The molecule has 2 bridgehead atoms. The molecule has 1 N–H and O–H groups in total. The molecule has 1 saturated carbocycles. The van der Waals surface area contributed by atoms with E-state index < -0.39 is 30.4 Å². The van der Waals surface area contributed by atoms with E-state index in [1.54, 1.807) is 6.26 Å². The van der Waals surface area contributed by atoms with E-state index in [4.69, 9.17) is 16.6 Å². The van der Waals surface area contributed by atoms with Crippen molar-refractivity contribution in [3.63, 3.8) is 0 Å². The van der Waals surface area contributed by atoms with Gasteiger partial charge in [-0.2, -0.15) is 22.4 Å². The lowest BCUT2D eigenvalue weighted by Crippen LogP contribution is -2.26. The average Bonchev–Trinajstić information content (AvgIpc) is 3.05. The van der Waals surface area contributed by atoms with Gasteiger partial charge in [-0.1, -0.05) is 24.4 Å². The number of unbranched alkanes of at least 4 members (excludes halogenated alkanes) is 1. The number of allylic oxidation sites excluding steroid dienone is 2. The first-order valence-electron chi connectivity index (χ1n) is 7.78. The van der Waals surface area contributed by atoms with Crippen LogP contribution in [0.25, 0.3) is 0 Å². The molecule has 0 saturated heterocycles. The number of fused-ring (bicyclic) bond motifs is 2. The molecule has 10 heteroatoms. The summed E-state index contributed by atoms with van der Waals surface area (Å²) in [4.78, 5) is 0. The van der Waals surface area contributed by atoms with Crippen molar-refractivity contribution in [1.82, 2.24) is 0 Å². The summed E-state index contributed by atoms with van der Waals surface area (Å²) in [5.74, 6) is 4.31. The second-order valence-corrected chi connectivity index (χ2v) is 10.9. The minimum absolute atomic E-state index is 0.111. The number of sulfone groups is 1. The number of hydrogen-bond acceptors (Lipinski definition) is 3. The van der Waals surface area contributed by atoms with Crippen molar-refractivity contribution in [2.45, 2.75) is 37.6 Å². The normalized spacial score (nSPS) is 28.0. The average molecular weight is 391 g/mol. The fourth-order valence-electron chi connectivity index (χ4n) is 3.04. The minimum atomic E-state index is -5.10. The summed E-state index contributed by atoms with van der Waals surface area (Å²) in [6.07, 6.45) is 9.83. The van der Waals surface area contributed by atoms with E-state index in [2.05, 4.69) is 19.5 Å². The van der Waals surface area contributed by atoms with E-state index >= 15 is 0 Å². The highest BCUT2D eigenvalue weighted by Gasteiger charge is 2.44. The molecule has 0 heterocycles. The van der Waals surface area contributed by atoms with Crippen LogP contribution in [0.2, 0.25) is 0 Å². The molecule has 140 valence electrons. The summed E-state index contributed by atoms with van der Waals surface area (Å²) >= 11 is 0. The molecule has 0 aromatic carbocycles. The van der Waals surface area contributed by atoms with E-state index in [0.717, 1.165) is 12.8 Å². The second-order valence-electron chi connectivity index (χ2n) is 6.46. The minimum Gasteiger partial charge on any atom is -0.298 e. The molecule has 2 radical (unpaired) electrons. The van der Waals surface area contributed by atoms with E-state index in [9.17, 15) is 21.6 Å². The monoisotopic (exact) mass is 391 g/mol. The summed E-state index contributed by atoms with van der Waals surface area (Å²) in [6.45, 7) is 0. The smallest absolute Gasteiger partial charge is 0.298 e. The lowest BCUT2D eigenvalue weighted by atomic mass is 9.89. The molecule has 4 atom stereocenters. The lowest BCUT2D eigenvalue weighted by Gasteiger charge is -2.17. The van der Waals surface area contributed by atoms with Gasteiger partial charge < -0.3 is 0 Å². The molecule has 0 spiro atoms. The van der Waals surface area contributed by atoms with Gasteiger partial charge in [-0.3, -0.25) is 9.50 Å². The Morgan fingerprint density at radius 3 is 2.25 bits per heavy atom. The van der Waals surface area contributed by atoms with Crippen molar-refractivity contribution in [3.8, 4) is 0 Å². The quantitative estimate of drug-likeness (QED) is 0.256. The van der Waals surface area contributed by atoms with Gasteiger partial charge in [0, 0.05) is 0 Å². The maximum absolute atomic E-state index is 12.1. The third-order valence-electron chi connectivity index (χ3n) is 4.01. The molecular weight excluding hydrogens is 365 g/mol. The van der Waals surface area contributed by atoms with E-state index in [1.165, 1.54) is 6.42 Å². The summed E-state index contributed by atoms with van der Waals surface area (Å²) in [5.41, 5.74) is -5.10. The van der Waals surface area contributed by atoms with E-state index in [1.807, 2.05) is 0 Å². The van der Waals surface area contributed by atoms with Gasteiger partial charge in [-0.15, -0.1) is 0 Å². The Balaban J connectivity index is 0.000000710. The topological polar surface area (TPSA) is 58.0 Å². The van der Waals surface area contributed by atoms with Gasteiger partial charge in [0.2, 0.25) is 9.84 Å². The summed E-state index contributed by atoms with van der Waals surface area (Å²) in [6, 6.07) is 0. The number of alkyl halides is 3. The van der Waals surface area contributed by atoms with Gasteiger partial charge in [0.1, 0.15) is 0 Å². The Morgan fingerprint density at radius 2 is 1.88 bits per heavy atom. The van der Waals surface area contributed by atoms with E-state index in [0.29, 0.717) is 24.2 Å². The van der Waals surface area contributed by atoms with Crippen LogP contribution < -0.4 is 0 Å². The first kappa shape index (κ1) is 21.5. The maximum atomic E-state index is 12.1. The van der Waals surface area contributed by atoms with Gasteiger partial charge >= 0.3 is 5.51 Å². The molecule has 24 heavy (non-hydrogen) atoms. The van der Waals surface area contributed by atoms with Crippen molar-refractivity contribution in [2.24, 2.45) is 17.8 Å². The third kappa shape index (κ3) is 8.05. The molecule has 2 aliphatic carbocycles. The van der Waals surface area contributed by atoms with Gasteiger partial charge in [-0.05, 0) is 49.7 Å². The number of hydrogen-bond donors (Lipinski definition) is 1. The van der Waals surface area contributed by atoms with Crippen LogP contribution in [0.5, 0.6) is 0 Å². The first-order valence-corrected chi connectivity index (χ1v) is 11.3. The van der Waals surface area contributed by atoms with Crippen molar-refractivity contribution in [1.29, 1.82) is 6.23 Å². The molecule has 0 amide bonds. The molecular formula is C14H24BF4NO2S2. The van der Waals surface area contributed by atoms with Gasteiger partial charge in [-0.25, -0.2) is 8.42 Å². The molecule has 0 aliphatic heterocycles. The SMILES string of the molecule is O=S(=O)(CCCCC1CC2C=CC1C2)C(F)(F)F.[3H]F.[B]S(=C)(C)=N. The molecule has 2 rings (SSSR count). The van der Waals surface area contributed by atoms with Crippen LogP contribution in [0.1, 0.15) is 32.1 Å². The highest BCUT2D eigenvalue weighted by molar-refractivity contribution is 8.19. The van der Waals surface area contributed by atoms with Crippen LogP contribution in [-0.2, 0) is 19.1 Å². The molecule has 2 aliphatic rings. The Labute approximate surface area is 144 Å². The van der Waals surface area contributed by atoms with Crippen molar-refractivity contribution < 1.29 is 26.3 Å². The van der Waals surface area contributed by atoms with Crippen LogP contribution in [-0.4, -0.2) is 40.4 Å². The molecule has 3 nitrogen and oxygen atoms in total. The fraction of sp³-hybridized carbons (Fsp3) is 0.786. The summed E-state index contributed by atoms with van der Waals surface area (Å²) in [7, 11) is -1.59. The Hall–Kier alpha value is -0.505. The van der Waals surface area contributed by atoms with Crippen LogP contribution in [0.4, 0.5) is 17.9 Å². The van der Waals surface area contributed by atoms with Crippen LogP contribution in [0.15, 0.2) is 12.2 Å². The largest absolute Gasteiger partial charge is 0.497 e. The fourth-order valence-corrected chi connectivity index (χ4v) is 3.86. The highest BCUT2D eigenvalue weighted by Crippen LogP contribution is 2.45. The van der Waals surface area contributed by atoms with Gasteiger partial charge in [0.25, 0.3) is 1.45 Å². The molecule has 4 unspecified atom stereocenters. The third-order valence-corrected chi connectivity index (χ3v) is 5.54. The van der Waals surface area contributed by atoms with Crippen molar-refractivity contribution >= 4 is 32.1 Å². The lowest BCUT2D eigenvalue weighted by molar-refractivity contribution is -0.0435. The zero-order valence-corrected chi connectivity index (χ0v) is 15.2. The molecule has 1 fully saturated rings. The van der Waals surface area contributed by atoms with Crippen molar-refractivity contribution in [3.05, 3.63) is 12.2 Å². The van der Waals surface area contributed by atoms with Gasteiger partial charge in [0.15, 0.2) is 7.12 Å². The van der Waals surface area contributed by atoms with Crippen molar-refractivity contribution in [2.75, 3.05) is 12.0 Å².